The standard InChI is InChI=1S/C11H22N4OS/c1-8(2)15(9(3)4)5-6-16-11-14-13-10(7-12)17-11/h8-9H,5-7,12H2,1-4H3. The van der Waals surface area contributed by atoms with E-state index in [4.69, 9.17) is 10.5 Å². The Labute approximate surface area is 107 Å². The van der Waals surface area contributed by atoms with Crippen LogP contribution in [0, 0.1) is 0 Å². The second-order valence-electron chi connectivity index (χ2n) is 4.44. The van der Waals surface area contributed by atoms with Crippen molar-refractivity contribution < 1.29 is 4.74 Å². The average Bonchev–Trinajstić information content (AvgIpc) is 2.71. The molecule has 0 radical (unpaired) electrons. The Kier molecular flexibility index (Phi) is 5.80. The lowest BCUT2D eigenvalue weighted by molar-refractivity contribution is 0.141. The van der Waals surface area contributed by atoms with Crippen molar-refractivity contribution in [1.29, 1.82) is 0 Å². The molecule has 0 unspecified atom stereocenters. The molecule has 0 fully saturated rings. The van der Waals surface area contributed by atoms with Gasteiger partial charge in [0.05, 0.1) is 0 Å². The number of hydrogen-bond acceptors (Lipinski definition) is 6. The lowest BCUT2D eigenvalue weighted by Gasteiger charge is -2.29. The molecule has 6 heteroatoms. The zero-order chi connectivity index (χ0) is 12.8. The van der Waals surface area contributed by atoms with Crippen molar-refractivity contribution in [1.82, 2.24) is 15.1 Å². The Morgan fingerprint density at radius 2 is 1.88 bits per heavy atom. The molecule has 5 nitrogen and oxygen atoms in total. The number of nitrogens with two attached hydrogens (primary N) is 1. The van der Waals surface area contributed by atoms with Gasteiger partial charge in [-0.15, -0.1) is 10.2 Å². The fourth-order valence-corrected chi connectivity index (χ4v) is 2.32. The van der Waals surface area contributed by atoms with Crippen molar-refractivity contribution >= 4 is 11.3 Å². The van der Waals surface area contributed by atoms with Crippen LogP contribution in [0.4, 0.5) is 0 Å². The smallest absolute Gasteiger partial charge is 0.294 e. The maximum absolute atomic E-state index is 5.57. The minimum Gasteiger partial charge on any atom is -0.468 e. The van der Waals surface area contributed by atoms with Crippen LogP contribution in [0.1, 0.15) is 32.7 Å². The highest BCUT2D eigenvalue weighted by atomic mass is 32.1. The summed E-state index contributed by atoms with van der Waals surface area (Å²) in [5.41, 5.74) is 5.46. The van der Waals surface area contributed by atoms with Crippen LogP contribution in [0.25, 0.3) is 0 Å². The molecule has 0 aliphatic carbocycles. The molecule has 2 N–H and O–H groups in total. The van der Waals surface area contributed by atoms with Gasteiger partial charge >= 0.3 is 0 Å². The summed E-state index contributed by atoms with van der Waals surface area (Å²) < 4.78 is 5.57. The normalized spacial score (nSPS) is 11.8. The first-order valence-corrected chi connectivity index (χ1v) is 6.77. The van der Waals surface area contributed by atoms with E-state index in [1.54, 1.807) is 0 Å². The predicted octanol–water partition coefficient (Wildman–Crippen LogP) is 1.49. The van der Waals surface area contributed by atoms with Crippen LogP contribution in [-0.2, 0) is 6.54 Å². The third-order valence-corrected chi connectivity index (χ3v) is 3.38. The van der Waals surface area contributed by atoms with Gasteiger partial charge in [0.2, 0.25) is 0 Å². The molecule has 98 valence electrons. The lowest BCUT2D eigenvalue weighted by Crippen LogP contribution is -2.39. The van der Waals surface area contributed by atoms with E-state index in [0.717, 1.165) is 11.6 Å². The van der Waals surface area contributed by atoms with E-state index >= 15 is 0 Å². The van der Waals surface area contributed by atoms with E-state index in [-0.39, 0.29) is 0 Å². The van der Waals surface area contributed by atoms with E-state index in [2.05, 4.69) is 42.8 Å². The topological polar surface area (TPSA) is 64.3 Å². The van der Waals surface area contributed by atoms with Crippen molar-refractivity contribution in [2.75, 3.05) is 13.2 Å². The molecule has 1 rings (SSSR count). The summed E-state index contributed by atoms with van der Waals surface area (Å²) in [6, 6.07) is 1.04. The van der Waals surface area contributed by atoms with Gasteiger partial charge in [-0.1, -0.05) is 11.3 Å². The molecule has 1 aromatic heterocycles. The molecular weight excluding hydrogens is 236 g/mol. The van der Waals surface area contributed by atoms with Crippen LogP contribution in [0.5, 0.6) is 5.19 Å². The van der Waals surface area contributed by atoms with Crippen molar-refractivity contribution in [2.24, 2.45) is 5.73 Å². The van der Waals surface area contributed by atoms with E-state index in [0.29, 0.717) is 30.4 Å². The van der Waals surface area contributed by atoms with Crippen molar-refractivity contribution in [3.63, 3.8) is 0 Å². The summed E-state index contributed by atoms with van der Waals surface area (Å²) in [5.74, 6) is 0. The second-order valence-corrected chi connectivity index (χ2v) is 5.46. The van der Waals surface area contributed by atoms with Gasteiger partial charge in [0.25, 0.3) is 5.19 Å². The summed E-state index contributed by atoms with van der Waals surface area (Å²) in [6.45, 7) is 10.7. The zero-order valence-corrected chi connectivity index (χ0v) is 11.8. The number of nitrogens with zero attached hydrogens (tertiary/aromatic N) is 3. The van der Waals surface area contributed by atoms with Crippen molar-refractivity contribution in [2.45, 2.75) is 46.3 Å². The summed E-state index contributed by atoms with van der Waals surface area (Å²) >= 11 is 1.41. The molecule has 1 aromatic rings. The Morgan fingerprint density at radius 3 is 2.35 bits per heavy atom. The maximum atomic E-state index is 5.57. The first-order valence-electron chi connectivity index (χ1n) is 5.95. The molecule has 0 aliphatic rings. The van der Waals surface area contributed by atoms with E-state index < -0.39 is 0 Å². The summed E-state index contributed by atoms with van der Waals surface area (Å²) in [6.07, 6.45) is 0. The number of ether oxygens (including phenoxy) is 1. The zero-order valence-electron chi connectivity index (χ0n) is 11.0. The monoisotopic (exact) mass is 258 g/mol. The third kappa shape index (κ3) is 4.57. The minimum absolute atomic E-state index is 0.422. The van der Waals surface area contributed by atoms with Gasteiger partial charge < -0.3 is 10.5 Å². The first kappa shape index (κ1) is 14.3. The van der Waals surface area contributed by atoms with Gasteiger partial charge in [0.15, 0.2) is 0 Å². The fraction of sp³-hybridized carbons (Fsp3) is 0.818. The van der Waals surface area contributed by atoms with Gasteiger partial charge in [-0.2, -0.15) is 0 Å². The summed E-state index contributed by atoms with van der Waals surface area (Å²) in [4.78, 5) is 2.38. The Balaban J connectivity index is 2.35. The van der Waals surface area contributed by atoms with Gasteiger partial charge in [0.1, 0.15) is 11.6 Å². The molecule has 0 saturated carbocycles. The van der Waals surface area contributed by atoms with Crippen LogP contribution < -0.4 is 10.5 Å². The number of aromatic nitrogens is 2. The molecule has 0 aromatic carbocycles. The third-order valence-electron chi connectivity index (χ3n) is 2.52. The minimum atomic E-state index is 0.422. The predicted molar refractivity (Wildman–Crippen MR) is 70.3 cm³/mol. The molecule has 0 amide bonds. The molecular formula is C11H22N4OS. The quantitative estimate of drug-likeness (QED) is 0.803. The molecule has 0 bridgehead atoms. The second kappa shape index (κ2) is 6.88. The number of rotatable bonds is 7. The van der Waals surface area contributed by atoms with E-state index in [1.807, 2.05) is 0 Å². The van der Waals surface area contributed by atoms with Crippen LogP contribution in [-0.4, -0.2) is 40.3 Å². The van der Waals surface area contributed by atoms with Gasteiger partial charge in [-0.05, 0) is 27.7 Å². The van der Waals surface area contributed by atoms with Crippen molar-refractivity contribution in [3.05, 3.63) is 5.01 Å². The van der Waals surface area contributed by atoms with Crippen molar-refractivity contribution in [3.8, 4) is 5.19 Å². The largest absolute Gasteiger partial charge is 0.468 e. The average molecular weight is 258 g/mol. The summed E-state index contributed by atoms with van der Waals surface area (Å²) in [7, 11) is 0. The van der Waals surface area contributed by atoms with Gasteiger partial charge in [-0.3, -0.25) is 4.90 Å². The SMILES string of the molecule is CC(C)N(CCOc1nnc(CN)s1)C(C)C. The van der Waals surface area contributed by atoms with Crippen LogP contribution in [0.2, 0.25) is 0 Å². The van der Waals surface area contributed by atoms with E-state index in [9.17, 15) is 0 Å². The summed E-state index contributed by atoms with van der Waals surface area (Å²) in [5, 5.41) is 9.25. The van der Waals surface area contributed by atoms with Crippen LogP contribution >= 0.6 is 11.3 Å². The Morgan fingerprint density at radius 1 is 1.24 bits per heavy atom. The highest BCUT2D eigenvalue weighted by Gasteiger charge is 2.13. The van der Waals surface area contributed by atoms with Crippen LogP contribution in [0.3, 0.4) is 0 Å². The molecule has 0 atom stereocenters. The van der Waals surface area contributed by atoms with Crippen LogP contribution in [0.15, 0.2) is 0 Å². The highest BCUT2D eigenvalue weighted by molar-refractivity contribution is 7.13. The molecule has 1 heterocycles. The van der Waals surface area contributed by atoms with E-state index in [1.165, 1.54) is 11.3 Å². The fourth-order valence-electron chi connectivity index (χ4n) is 1.73. The van der Waals surface area contributed by atoms with Gasteiger partial charge in [-0.25, -0.2) is 0 Å². The highest BCUT2D eigenvalue weighted by Crippen LogP contribution is 2.17. The molecule has 17 heavy (non-hydrogen) atoms. The molecule has 0 aliphatic heterocycles. The first-order chi connectivity index (χ1) is 8.04. The lowest BCUT2D eigenvalue weighted by atomic mass is 10.2. The maximum Gasteiger partial charge on any atom is 0.294 e. The Hall–Kier alpha value is -0.720. The Bertz CT molecular complexity index is 319. The van der Waals surface area contributed by atoms with Gasteiger partial charge in [0, 0.05) is 25.2 Å². The molecule has 0 spiro atoms. The molecule has 0 saturated heterocycles. The number of hydrogen-bond donors (Lipinski definition) is 1.